The van der Waals surface area contributed by atoms with Crippen LogP contribution in [0.15, 0.2) is 224 Å². The number of hydrogen-bond donors (Lipinski definition) is 0. The molecule has 10 aromatic carbocycles. The highest BCUT2D eigenvalue weighted by molar-refractivity contribution is 5.97. The minimum Gasteiger partial charge on any atom is -0.310 e. The molecule has 1 nitrogen and oxygen atoms in total. The van der Waals surface area contributed by atoms with Crippen LogP contribution in [0.3, 0.4) is 0 Å². The lowest BCUT2D eigenvalue weighted by atomic mass is 9.82. The van der Waals surface area contributed by atoms with E-state index in [-0.39, 0.29) is 5.41 Å². The molecule has 1 aliphatic carbocycles. The molecule has 0 saturated carbocycles. The first kappa shape index (κ1) is 35.7. The van der Waals surface area contributed by atoms with Crippen LogP contribution in [0.5, 0.6) is 0 Å². The topological polar surface area (TPSA) is 3.24 Å². The number of fused-ring (bicyclic) bond motifs is 5. The molecule has 10 aromatic rings. The fourth-order valence-corrected chi connectivity index (χ4v) is 9.54. The van der Waals surface area contributed by atoms with Gasteiger partial charge < -0.3 is 4.90 Å². The summed E-state index contributed by atoms with van der Waals surface area (Å²) in [4.78, 5) is 2.44. The summed E-state index contributed by atoms with van der Waals surface area (Å²) in [6, 6.07) is 82.5. The van der Waals surface area contributed by atoms with E-state index in [0.717, 1.165) is 17.1 Å². The first-order chi connectivity index (χ1) is 29.5. The van der Waals surface area contributed by atoms with Crippen LogP contribution in [-0.2, 0) is 5.41 Å². The molecule has 0 saturated heterocycles. The van der Waals surface area contributed by atoms with E-state index in [9.17, 15) is 0 Å². The van der Waals surface area contributed by atoms with Crippen molar-refractivity contribution >= 4 is 38.6 Å². The summed E-state index contributed by atoms with van der Waals surface area (Å²) >= 11 is 0. The third-order valence-electron chi connectivity index (χ3n) is 12.7. The Kier molecular flexibility index (Phi) is 8.57. The number of nitrogens with zero attached hydrogens (tertiary/aromatic N) is 1. The molecule has 0 heterocycles. The second-order valence-corrected chi connectivity index (χ2v) is 16.5. The van der Waals surface area contributed by atoms with E-state index in [1.165, 1.54) is 88.3 Å². The molecular formula is C59H43N. The number of rotatable bonds is 7. The van der Waals surface area contributed by atoms with Crippen LogP contribution in [0.2, 0.25) is 0 Å². The molecule has 0 aliphatic heterocycles. The third-order valence-corrected chi connectivity index (χ3v) is 12.7. The zero-order valence-electron chi connectivity index (χ0n) is 33.8. The van der Waals surface area contributed by atoms with E-state index in [1.807, 2.05) is 0 Å². The van der Waals surface area contributed by atoms with E-state index in [4.69, 9.17) is 0 Å². The molecule has 0 fully saturated rings. The van der Waals surface area contributed by atoms with Crippen LogP contribution in [0, 0.1) is 0 Å². The minimum absolute atomic E-state index is 0.121. The van der Waals surface area contributed by atoms with Crippen molar-refractivity contribution in [3.63, 3.8) is 0 Å². The third kappa shape index (κ3) is 6.10. The highest BCUT2D eigenvalue weighted by Crippen LogP contribution is 2.51. The van der Waals surface area contributed by atoms with Gasteiger partial charge >= 0.3 is 0 Å². The van der Waals surface area contributed by atoms with Crippen LogP contribution < -0.4 is 4.90 Å². The van der Waals surface area contributed by atoms with E-state index in [1.54, 1.807) is 0 Å². The van der Waals surface area contributed by atoms with E-state index < -0.39 is 0 Å². The van der Waals surface area contributed by atoms with Crippen LogP contribution in [0.4, 0.5) is 17.1 Å². The van der Waals surface area contributed by atoms with Gasteiger partial charge in [0.25, 0.3) is 0 Å². The Morgan fingerprint density at radius 1 is 0.283 bits per heavy atom. The Morgan fingerprint density at radius 3 is 1.63 bits per heavy atom. The second kappa shape index (κ2) is 14.4. The van der Waals surface area contributed by atoms with Gasteiger partial charge in [-0.25, -0.2) is 0 Å². The van der Waals surface area contributed by atoms with Gasteiger partial charge in [0.15, 0.2) is 0 Å². The minimum atomic E-state index is -0.121. The zero-order valence-corrected chi connectivity index (χ0v) is 33.8. The summed E-state index contributed by atoms with van der Waals surface area (Å²) in [6.07, 6.45) is 0. The quantitative estimate of drug-likeness (QED) is 0.156. The number of benzene rings is 10. The lowest BCUT2D eigenvalue weighted by molar-refractivity contribution is 0.660. The largest absolute Gasteiger partial charge is 0.310 e. The van der Waals surface area contributed by atoms with Gasteiger partial charge in [-0.1, -0.05) is 196 Å². The maximum atomic E-state index is 2.44. The molecule has 1 aliphatic rings. The van der Waals surface area contributed by atoms with Crippen LogP contribution >= 0.6 is 0 Å². The Bertz CT molecular complexity index is 3200. The van der Waals surface area contributed by atoms with Crippen molar-refractivity contribution in [1.82, 2.24) is 0 Å². The highest BCUT2D eigenvalue weighted by Gasteiger charge is 2.35. The summed E-state index contributed by atoms with van der Waals surface area (Å²) < 4.78 is 0. The fraction of sp³-hybridized carbons (Fsp3) is 0.0508. The summed E-state index contributed by atoms with van der Waals surface area (Å²) in [5.41, 5.74) is 18.3. The van der Waals surface area contributed by atoms with Gasteiger partial charge in [-0.15, -0.1) is 0 Å². The molecule has 0 unspecified atom stereocenters. The summed E-state index contributed by atoms with van der Waals surface area (Å²) in [6.45, 7) is 4.72. The van der Waals surface area contributed by atoms with Gasteiger partial charge in [0.05, 0.1) is 0 Å². The summed E-state index contributed by atoms with van der Waals surface area (Å²) in [5, 5.41) is 5.02. The maximum Gasteiger partial charge on any atom is 0.0468 e. The highest BCUT2D eigenvalue weighted by atomic mass is 15.1. The van der Waals surface area contributed by atoms with Gasteiger partial charge in [0.2, 0.25) is 0 Å². The summed E-state index contributed by atoms with van der Waals surface area (Å²) in [5.74, 6) is 0. The predicted octanol–water partition coefficient (Wildman–Crippen LogP) is 16.4. The zero-order chi connectivity index (χ0) is 40.2. The van der Waals surface area contributed by atoms with Crippen LogP contribution in [-0.4, -0.2) is 0 Å². The van der Waals surface area contributed by atoms with Crippen molar-refractivity contribution < 1.29 is 0 Å². The Hall–Kier alpha value is -7.48. The predicted molar refractivity (Wildman–Crippen MR) is 255 cm³/mol. The van der Waals surface area contributed by atoms with E-state index in [2.05, 4.69) is 243 Å². The molecule has 0 aromatic heterocycles. The van der Waals surface area contributed by atoms with Crippen molar-refractivity contribution in [2.45, 2.75) is 19.3 Å². The molecule has 60 heavy (non-hydrogen) atoms. The lowest BCUT2D eigenvalue weighted by Crippen LogP contribution is -2.16. The lowest BCUT2D eigenvalue weighted by Gasteiger charge is -2.29. The van der Waals surface area contributed by atoms with Crippen molar-refractivity contribution in [1.29, 1.82) is 0 Å². The van der Waals surface area contributed by atoms with Gasteiger partial charge in [-0.2, -0.15) is 0 Å². The van der Waals surface area contributed by atoms with Crippen LogP contribution in [0.25, 0.3) is 77.2 Å². The first-order valence-electron chi connectivity index (χ1n) is 20.9. The molecule has 11 rings (SSSR count). The Labute approximate surface area is 352 Å². The second-order valence-electron chi connectivity index (χ2n) is 16.5. The van der Waals surface area contributed by atoms with Crippen molar-refractivity contribution in [2.75, 3.05) is 4.90 Å². The molecular weight excluding hydrogens is 723 g/mol. The van der Waals surface area contributed by atoms with Gasteiger partial charge in [0, 0.05) is 22.5 Å². The van der Waals surface area contributed by atoms with Crippen molar-refractivity contribution in [3.05, 3.63) is 236 Å². The molecule has 0 radical (unpaired) electrons. The maximum absolute atomic E-state index is 2.44. The van der Waals surface area contributed by atoms with Gasteiger partial charge in [-0.3, -0.25) is 0 Å². The molecule has 0 spiro atoms. The molecule has 0 amide bonds. The molecule has 0 bridgehead atoms. The molecule has 1 heteroatoms. The average molecular weight is 766 g/mol. The van der Waals surface area contributed by atoms with Gasteiger partial charge in [0.1, 0.15) is 0 Å². The average Bonchev–Trinajstić information content (AvgIpc) is 3.54. The normalized spacial score (nSPS) is 12.6. The molecule has 0 N–H and O–H groups in total. The summed E-state index contributed by atoms with van der Waals surface area (Å²) in [7, 11) is 0. The van der Waals surface area contributed by atoms with Gasteiger partial charge in [-0.05, 0) is 131 Å². The smallest absolute Gasteiger partial charge is 0.0468 e. The SMILES string of the molecule is CC1(C)c2ccccc2-c2ccc(N(c3ccc(-c4cccc5ccccc45)cc3)c3ccc(-c4ccc(-c5ccc6ccccc6c5)cc4)c(-c4ccccc4)c3)cc21. The Morgan fingerprint density at radius 2 is 0.817 bits per heavy atom. The van der Waals surface area contributed by atoms with Crippen molar-refractivity contribution in [3.8, 4) is 55.6 Å². The standard InChI is InChI=1S/C59H43N/c1-59(2)57-22-11-10-20-54(57)55-36-34-50(39-58(55)59)60(48-31-29-45(30-32-48)52-21-12-18-42-16-8-9-19-51(42)52)49-33-35-53(56(38-49)43-14-4-3-5-15-43)44-26-23-41(24-27-44)47-28-25-40-13-6-7-17-46(40)37-47/h3-39H,1-2H3. The molecule has 284 valence electrons. The monoisotopic (exact) mass is 765 g/mol. The Balaban J connectivity index is 1.05. The van der Waals surface area contributed by atoms with E-state index in [0.29, 0.717) is 0 Å². The fourth-order valence-electron chi connectivity index (χ4n) is 9.54. The first-order valence-corrected chi connectivity index (χ1v) is 20.9. The van der Waals surface area contributed by atoms with Crippen LogP contribution in [0.1, 0.15) is 25.0 Å². The van der Waals surface area contributed by atoms with Crippen molar-refractivity contribution in [2.24, 2.45) is 0 Å². The molecule has 0 atom stereocenters. The number of hydrogen-bond acceptors (Lipinski definition) is 1. The van der Waals surface area contributed by atoms with E-state index >= 15 is 0 Å². The number of anilines is 3.